The van der Waals surface area contributed by atoms with Gasteiger partial charge in [-0.3, -0.25) is 9.79 Å². The Morgan fingerprint density at radius 1 is 1.31 bits per heavy atom. The van der Waals surface area contributed by atoms with E-state index in [0.717, 1.165) is 49.2 Å². The standard InChI is InChI=1S/C23H32N2O4/c1-2-3-4-5-17(26)10-11-18-19-13-22(25-20(19)14-21(18)27)24-16-8-6-15(7-9-16)12-23(28)29/h6-11,17-21,26-27H,2-5,12-14H2,1H3,(H,24,25)(H,28,29)/t17-,18?,19?,20?,21?/m0/s1. The maximum atomic E-state index is 10.8. The minimum Gasteiger partial charge on any atom is -0.481 e. The number of carboxylic acid groups (broad SMARTS) is 1. The van der Waals surface area contributed by atoms with Gasteiger partial charge in [-0.15, -0.1) is 0 Å². The summed E-state index contributed by atoms with van der Waals surface area (Å²) >= 11 is 0. The summed E-state index contributed by atoms with van der Waals surface area (Å²) in [6.07, 6.45) is 8.45. The average Bonchev–Trinajstić information content (AvgIpc) is 3.17. The first-order valence-corrected chi connectivity index (χ1v) is 10.6. The highest BCUT2D eigenvalue weighted by molar-refractivity contribution is 5.97. The number of rotatable bonds is 9. The maximum Gasteiger partial charge on any atom is 0.307 e. The Bertz CT molecular complexity index is 744. The third kappa shape index (κ3) is 5.90. The van der Waals surface area contributed by atoms with Gasteiger partial charge >= 0.3 is 5.97 Å². The molecular formula is C23H32N2O4. The molecule has 6 nitrogen and oxygen atoms in total. The summed E-state index contributed by atoms with van der Waals surface area (Å²) < 4.78 is 0. The number of nitrogens with zero attached hydrogens (tertiary/aromatic N) is 1. The molecule has 1 aliphatic carbocycles. The van der Waals surface area contributed by atoms with Crippen molar-refractivity contribution in [3.05, 3.63) is 42.0 Å². The highest BCUT2D eigenvalue weighted by atomic mass is 16.4. The van der Waals surface area contributed by atoms with Crippen LogP contribution in [-0.2, 0) is 11.2 Å². The Hall–Kier alpha value is -2.18. The van der Waals surface area contributed by atoms with Crippen LogP contribution in [0.4, 0.5) is 5.69 Å². The summed E-state index contributed by atoms with van der Waals surface area (Å²) in [5.74, 6) is 0.325. The van der Waals surface area contributed by atoms with Crippen LogP contribution in [0.3, 0.4) is 0 Å². The number of fused-ring (bicyclic) bond motifs is 1. The van der Waals surface area contributed by atoms with E-state index in [2.05, 4.69) is 12.2 Å². The summed E-state index contributed by atoms with van der Waals surface area (Å²) in [5.41, 5.74) is 1.65. The van der Waals surface area contributed by atoms with Crippen LogP contribution >= 0.6 is 0 Å². The molecule has 1 fully saturated rings. The van der Waals surface area contributed by atoms with Gasteiger partial charge in [0.05, 0.1) is 24.7 Å². The van der Waals surface area contributed by atoms with Crippen molar-refractivity contribution in [3.8, 4) is 0 Å². The van der Waals surface area contributed by atoms with E-state index in [9.17, 15) is 15.0 Å². The minimum atomic E-state index is -0.841. The number of aliphatic carboxylic acids is 1. The van der Waals surface area contributed by atoms with Gasteiger partial charge in [0.2, 0.25) is 0 Å². The van der Waals surface area contributed by atoms with Crippen molar-refractivity contribution in [2.75, 3.05) is 5.32 Å². The lowest BCUT2D eigenvalue weighted by Gasteiger charge is -2.18. The third-order valence-electron chi connectivity index (χ3n) is 5.92. The first-order valence-electron chi connectivity index (χ1n) is 10.6. The van der Waals surface area contributed by atoms with Crippen molar-refractivity contribution in [1.82, 2.24) is 0 Å². The Labute approximate surface area is 172 Å². The van der Waals surface area contributed by atoms with Crippen LogP contribution in [0, 0.1) is 11.8 Å². The van der Waals surface area contributed by atoms with Crippen LogP contribution in [0.15, 0.2) is 41.4 Å². The quantitative estimate of drug-likeness (QED) is 0.376. The Balaban J connectivity index is 1.55. The molecule has 4 unspecified atom stereocenters. The molecular weight excluding hydrogens is 368 g/mol. The predicted octanol–water partition coefficient (Wildman–Crippen LogP) is 3.39. The van der Waals surface area contributed by atoms with Gasteiger partial charge in [0.1, 0.15) is 5.84 Å². The van der Waals surface area contributed by atoms with Gasteiger partial charge < -0.3 is 20.6 Å². The van der Waals surface area contributed by atoms with Crippen molar-refractivity contribution < 1.29 is 20.1 Å². The molecule has 158 valence electrons. The second-order valence-electron chi connectivity index (χ2n) is 8.23. The number of carboxylic acids is 1. The molecule has 0 aromatic heterocycles. The number of aliphatic imine (C=N–C) groups is 1. The van der Waals surface area contributed by atoms with Crippen molar-refractivity contribution in [2.45, 2.75) is 70.1 Å². The number of benzene rings is 1. The van der Waals surface area contributed by atoms with Gasteiger partial charge in [0.25, 0.3) is 0 Å². The largest absolute Gasteiger partial charge is 0.481 e. The molecule has 0 bridgehead atoms. The summed E-state index contributed by atoms with van der Waals surface area (Å²) in [5, 5.41) is 32.8. The number of hydrogen-bond acceptors (Lipinski definition) is 5. The van der Waals surface area contributed by atoms with E-state index in [0.29, 0.717) is 6.42 Å². The summed E-state index contributed by atoms with van der Waals surface area (Å²) in [7, 11) is 0. The fraction of sp³-hybridized carbons (Fsp3) is 0.565. The van der Waals surface area contributed by atoms with Gasteiger partial charge in [0.15, 0.2) is 0 Å². The topological polar surface area (TPSA) is 102 Å². The van der Waals surface area contributed by atoms with E-state index in [1.165, 1.54) is 0 Å². The van der Waals surface area contributed by atoms with Crippen molar-refractivity contribution in [1.29, 1.82) is 0 Å². The molecule has 1 aliphatic heterocycles. The van der Waals surface area contributed by atoms with E-state index in [1.54, 1.807) is 0 Å². The van der Waals surface area contributed by atoms with Crippen LogP contribution in [0.25, 0.3) is 0 Å². The van der Waals surface area contributed by atoms with Crippen molar-refractivity contribution in [2.24, 2.45) is 16.8 Å². The van der Waals surface area contributed by atoms with Gasteiger partial charge in [-0.05, 0) is 36.5 Å². The number of unbranched alkanes of at least 4 members (excludes halogenated alkanes) is 2. The number of hydrogen-bond donors (Lipinski definition) is 4. The Morgan fingerprint density at radius 3 is 2.76 bits per heavy atom. The molecule has 0 radical (unpaired) electrons. The first kappa shape index (κ1) is 21.5. The lowest BCUT2D eigenvalue weighted by Crippen LogP contribution is -2.21. The minimum absolute atomic E-state index is 0.0154. The molecule has 0 saturated heterocycles. The normalized spacial score (nSPS) is 27.1. The molecule has 1 heterocycles. The van der Waals surface area contributed by atoms with Crippen molar-refractivity contribution in [3.63, 3.8) is 0 Å². The second-order valence-corrected chi connectivity index (χ2v) is 8.23. The molecule has 1 saturated carbocycles. The van der Waals surface area contributed by atoms with Gasteiger partial charge in [-0.1, -0.05) is 50.5 Å². The number of aliphatic hydroxyl groups is 2. The molecule has 4 N–H and O–H groups in total. The number of nitrogens with one attached hydrogen (secondary N) is 1. The van der Waals surface area contributed by atoms with E-state index in [1.807, 2.05) is 36.4 Å². The highest BCUT2D eigenvalue weighted by Crippen LogP contribution is 2.41. The fourth-order valence-corrected chi connectivity index (χ4v) is 4.38. The molecule has 3 rings (SSSR count). The predicted molar refractivity (Wildman–Crippen MR) is 114 cm³/mol. The monoisotopic (exact) mass is 400 g/mol. The van der Waals surface area contributed by atoms with Gasteiger partial charge in [-0.2, -0.15) is 0 Å². The maximum absolute atomic E-state index is 10.8. The zero-order chi connectivity index (χ0) is 20.8. The van der Waals surface area contributed by atoms with E-state index in [4.69, 9.17) is 10.1 Å². The van der Waals surface area contributed by atoms with Gasteiger partial charge in [-0.25, -0.2) is 0 Å². The first-order chi connectivity index (χ1) is 14.0. The van der Waals surface area contributed by atoms with Gasteiger partial charge in [0, 0.05) is 18.0 Å². The number of anilines is 1. The Kier molecular flexibility index (Phi) is 7.45. The molecule has 6 heteroatoms. The number of amidine groups is 1. The highest BCUT2D eigenvalue weighted by Gasteiger charge is 2.44. The van der Waals surface area contributed by atoms with Crippen LogP contribution in [0.2, 0.25) is 0 Å². The molecule has 29 heavy (non-hydrogen) atoms. The summed E-state index contributed by atoms with van der Waals surface area (Å²) in [6, 6.07) is 7.46. The molecule has 2 aliphatic rings. The molecule has 1 aromatic rings. The van der Waals surface area contributed by atoms with Crippen molar-refractivity contribution >= 4 is 17.5 Å². The molecule has 0 spiro atoms. The van der Waals surface area contributed by atoms with Crippen LogP contribution in [-0.4, -0.2) is 45.4 Å². The Morgan fingerprint density at radius 2 is 2.07 bits per heavy atom. The number of aliphatic hydroxyl groups excluding tert-OH is 2. The average molecular weight is 401 g/mol. The smallest absolute Gasteiger partial charge is 0.307 e. The zero-order valence-electron chi connectivity index (χ0n) is 17.0. The molecule has 0 amide bonds. The second kappa shape index (κ2) is 10.0. The lowest BCUT2D eigenvalue weighted by molar-refractivity contribution is -0.136. The van der Waals surface area contributed by atoms with E-state index < -0.39 is 18.2 Å². The summed E-state index contributed by atoms with van der Waals surface area (Å²) in [4.78, 5) is 15.5. The zero-order valence-corrected chi connectivity index (χ0v) is 17.0. The van der Waals surface area contributed by atoms with Crippen LogP contribution in [0.5, 0.6) is 0 Å². The lowest BCUT2D eigenvalue weighted by atomic mass is 9.90. The third-order valence-corrected chi connectivity index (χ3v) is 5.92. The van der Waals surface area contributed by atoms with E-state index in [-0.39, 0.29) is 24.3 Å². The number of carbonyl (C=O) groups is 1. The fourth-order valence-electron chi connectivity index (χ4n) is 4.38. The van der Waals surface area contributed by atoms with Crippen LogP contribution in [0.1, 0.15) is 51.0 Å². The summed E-state index contributed by atoms with van der Waals surface area (Å²) in [6.45, 7) is 2.15. The SMILES string of the molecule is CCCCC[C@H](O)C=CC1C(O)CC2N=C(Nc3ccc(CC(=O)O)cc3)CC21. The molecule has 1 aromatic carbocycles. The van der Waals surface area contributed by atoms with Crippen LogP contribution < -0.4 is 5.32 Å². The molecule has 5 atom stereocenters. The van der Waals surface area contributed by atoms with E-state index >= 15 is 0 Å².